The van der Waals surface area contributed by atoms with Gasteiger partial charge < -0.3 is 4.42 Å². The van der Waals surface area contributed by atoms with Gasteiger partial charge in [0.15, 0.2) is 0 Å². The van der Waals surface area contributed by atoms with Gasteiger partial charge in [-0.1, -0.05) is 96.5 Å². The molecule has 6 aromatic rings. The quantitative estimate of drug-likeness (QED) is 0.272. The minimum Gasteiger partial charge on any atom is -0.438 e. The predicted octanol–water partition coefficient (Wildman–Crippen LogP) is 8.12. The van der Waals surface area contributed by atoms with Gasteiger partial charge in [0, 0.05) is 5.39 Å². The summed E-state index contributed by atoms with van der Waals surface area (Å²) in [5.74, 6) is 0. The van der Waals surface area contributed by atoms with Crippen molar-refractivity contribution in [2.75, 3.05) is 0 Å². The largest absolute Gasteiger partial charge is 0.438 e. The molecule has 0 bridgehead atoms. The summed E-state index contributed by atoms with van der Waals surface area (Å²) in [6, 6.07) is 33.4. The molecule has 6 rings (SSSR count). The van der Waals surface area contributed by atoms with E-state index >= 15 is 0 Å². The Hall–Kier alpha value is -3.62. The average molecular weight is 406 g/mol. The molecule has 0 aliphatic heterocycles. The van der Waals surface area contributed by atoms with Gasteiger partial charge in [-0.15, -0.1) is 0 Å². The van der Waals surface area contributed by atoms with E-state index in [1.165, 1.54) is 21.9 Å². The van der Waals surface area contributed by atoms with E-state index in [4.69, 9.17) is 16.0 Å². The van der Waals surface area contributed by atoms with Gasteiger partial charge in [0.25, 0.3) is 0 Å². The molecule has 2 aromatic heterocycles. The van der Waals surface area contributed by atoms with Crippen LogP contribution in [0.1, 0.15) is 0 Å². The second-order valence-electron chi connectivity index (χ2n) is 7.37. The van der Waals surface area contributed by atoms with Crippen LogP contribution in [0.15, 0.2) is 101 Å². The van der Waals surface area contributed by atoms with Gasteiger partial charge in [-0.25, -0.2) is 4.98 Å². The van der Waals surface area contributed by atoms with Gasteiger partial charge in [-0.2, -0.15) is 0 Å². The fourth-order valence-electron chi connectivity index (χ4n) is 4.23. The molecule has 0 N–H and O–H groups in total. The molecule has 4 aromatic carbocycles. The van der Waals surface area contributed by atoms with Gasteiger partial charge in [-0.05, 0) is 45.2 Å². The molecule has 0 spiro atoms. The molecule has 0 saturated heterocycles. The second-order valence-corrected chi connectivity index (χ2v) is 7.76. The topological polar surface area (TPSA) is 26.0 Å². The van der Waals surface area contributed by atoms with Gasteiger partial charge >= 0.3 is 0 Å². The minimum absolute atomic E-state index is 0.426. The first-order valence-corrected chi connectivity index (χ1v) is 10.2. The number of furan rings is 1. The number of nitrogens with zero attached hydrogens (tertiary/aromatic N) is 1. The van der Waals surface area contributed by atoms with Crippen molar-refractivity contribution >= 4 is 44.4 Å². The van der Waals surface area contributed by atoms with Crippen LogP contribution in [-0.4, -0.2) is 4.98 Å². The Labute approximate surface area is 178 Å². The maximum Gasteiger partial charge on any atom is 0.229 e. The molecule has 0 unspecified atom stereocenters. The highest BCUT2D eigenvalue weighted by molar-refractivity contribution is 6.30. The lowest BCUT2D eigenvalue weighted by molar-refractivity contribution is 0.654. The molecule has 2 heterocycles. The van der Waals surface area contributed by atoms with Gasteiger partial charge in [0.2, 0.25) is 5.71 Å². The maximum absolute atomic E-state index is 6.32. The number of aromatic nitrogens is 1. The summed E-state index contributed by atoms with van der Waals surface area (Å²) < 4.78 is 5.94. The number of hydrogen-bond donors (Lipinski definition) is 0. The second kappa shape index (κ2) is 6.72. The number of para-hydroxylation sites is 1. The summed E-state index contributed by atoms with van der Waals surface area (Å²) in [4.78, 5) is 4.40. The van der Waals surface area contributed by atoms with Crippen molar-refractivity contribution in [3.63, 3.8) is 0 Å². The van der Waals surface area contributed by atoms with Crippen LogP contribution in [0.4, 0.5) is 0 Å². The van der Waals surface area contributed by atoms with Crippen LogP contribution >= 0.6 is 11.6 Å². The molecule has 0 radical (unpaired) electrons. The van der Waals surface area contributed by atoms with Crippen LogP contribution in [0.3, 0.4) is 0 Å². The number of halogens is 1. The van der Waals surface area contributed by atoms with Crippen molar-refractivity contribution in [2.24, 2.45) is 0 Å². The summed E-state index contributed by atoms with van der Waals surface area (Å²) >= 11 is 6.32. The maximum atomic E-state index is 6.32. The Morgan fingerprint density at radius 1 is 0.633 bits per heavy atom. The van der Waals surface area contributed by atoms with Crippen LogP contribution in [0.25, 0.3) is 55.1 Å². The van der Waals surface area contributed by atoms with Crippen LogP contribution < -0.4 is 0 Å². The van der Waals surface area contributed by atoms with E-state index in [0.29, 0.717) is 10.9 Å². The lowest BCUT2D eigenvalue weighted by atomic mass is 9.95. The predicted molar refractivity (Wildman–Crippen MR) is 125 cm³/mol. The third-order valence-corrected chi connectivity index (χ3v) is 5.81. The van der Waals surface area contributed by atoms with E-state index in [0.717, 1.165) is 27.5 Å². The van der Waals surface area contributed by atoms with Crippen molar-refractivity contribution in [3.8, 4) is 22.3 Å². The van der Waals surface area contributed by atoms with Crippen LogP contribution in [0, 0.1) is 0 Å². The van der Waals surface area contributed by atoms with Crippen molar-refractivity contribution in [1.82, 2.24) is 4.98 Å². The molecule has 0 saturated carbocycles. The normalized spacial score (nSPS) is 11.5. The van der Waals surface area contributed by atoms with Crippen LogP contribution in [0.5, 0.6) is 0 Å². The molecule has 142 valence electrons. The van der Waals surface area contributed by atoms with Crippen molar-refractivity contribution in [1.29, 1.82) is 0 Å². The molecule has 3 heteroatoms. The third kappa shape index (κ3) is 2.69. The molecule has 2 nitrogen and oxygen atoms in total. The lowest BCUT2D eigenvalue weighted by Crippen LogP contribution is -1.85. The lowest BCUT2D eigenvalue weighted by Gasteiger charge is -2.09. The van der Waals surface area contributed by atoms with E-state index in [1.807, 2.05) is 24.3 Å². The standard InChI is InChI=1S/C27H16ClNO/c28-25-16-23(26-22-9-3-4-11-24(22)30-27(26)29-25)19-14-12-18(13-15-19)21-10-5-7-17-6-1-2-8-20(17)21/h1-16H. The van der Waals surface area contributed by atoms with E-state index in [-0.39, 0.29) is 0 Å². The number of pyridine rings is 1. The zero-order chi connectivity index (χ0) is 20.1. The first kappa shape index (κ1) is 17.3. The fraction of sp³-hybridized carbons (Fsp3) is 0. The van der Waals surface area contributed by atoms with E-state index in [9.17, 15) is 0 Å². The monoisotopic (exact) mass is 405 g/mol. The zero-order valence-corrected chi connectivity index (χ0v) is 16.7. The third-order valence-electron chi connectivity index (χ3n) is 5.61. The number of hydrogen-bond acceptors (Lipinski definition) is 2. The van der Waals surface area contributed by atoms with E-state index in [1.54, 1.807) is 0 Å². The van der Waals surface area contributed by atoms with Crippen LogP contribution in [-0.2, 0) is 0 Å². The summed E-state index contributed by atoms with van der Waals surface area (Å²) in [6.45, 7) is 0. The van der Waals surface area contributed by atoms with Gasteiger partial charge in [-0.3, -0.25) is 0 Å². The highest BCUT2D eigenvalue weighted by Gasteiger charge is 2.15. The summed E-state index contributed by atoms with van der Waals surface area (Å²) in [7, 11) is 0. The summed E-state index contributed by atoms with van der Waals surface area (Å²) in [5, 5.41) is 4.96. The first-order valence-electron chi connectivity index (χ1n) is 9.84. The molecule has 0 aliphatic carbocycles. The fourth-order valence-corrected chi connectivity index (χ4v) is 4.41. The Balaban J connectivity index is 1.54. The molecule has 0 atom stereocenters. The Kier molecular flexibility index (Phi) is 3.87. The van der Waals surface area contributed by atoms with E-state index < -0.39 is 0 Å². The highest BCUT2D eigenvalue weighted by Crippen LogP contribution is 2.38. The molecule has 0 fully saturated rings. The number of fused-ring (bicyclic) bond motifs is 4. The first-order chi connectivity index (χ1) is 14.8. The number of rotatable bonds is 2. The van der Waals surface area contributed by atoms with E-state index in [2.05, 4.69) is 77.8 Å². The molecule has 0 aliphatic rings. The Bertz CT molecular complexity index is 1540. The van der Waals surface area contributed by atoms with Crippen molar-refractivity contribution < 1.29 is 4.42 Å². The van der Waals surface area contributed by atoms with Crippen molar-refractivity contribution in [2.45, 2.75) is 0 Å². The van der Waals surface area contributed by atoms with Gasteiger partial charge in [0.1, 0.15) is 10.7 Å². The SMILES string of the molecule is Clc1cc(-c2ccc(-c3cccc4ccccc34)cc2)c2c(n1)oc1ccccc12. The molecular weight excluding hydrogens is 390 g/mol. The molecule has 0 amide bonds. The number of benzene rings is 4. The smallest absolute Gasteiger partial charge is 0.229 e. The Morgan fingerprint density at radius 3 is 2.13 bits per heavy atom. The summed E-state index contributed by atoms with van der Waals surface area (Å²) in [6.07, 6.45) is 0. The molecule has 30 heavy (non-hydrogen) atoms. The highest BCUT2D eigenvalue weighted by atomic mass is 35.5. The molecular formula is C27H16ClNO. The Morgan fingerprint density at radius 2 is 1.30 bits per heavy atom. The summed E-state index contributed by atoms with van der Waals surface area (Å²) in [5.41, 5.74) is 5.90. The zero-order valence-electron chi connectivity index (χ0n) is 16.0. The van der Waals surface area contributed by atoms with Crippen molar-refractivity contribution in [3.05, 3.63) is 102 Å². The van der Waals surface area contributed by atoms with Gasteiger partial charge in [0.05, 0.1) is 5.39 Å². The average Bonchev–Trinajstić information content (AvgIpc) is 3.16. The van der Waals surface area contributed by atoms with Crippen LogP contribution in [0.2, 0.25) is 5.15 Å². The minimum atomic E-state index is 0.426.